The zero-order chi connectivity index (χ0) is 11.3. The van der Waals surface area contributed by atoms with E-state index in [1.165, 1.54) is 16.2 Å². The van der Waals surface area contributed by atoms with Gasteiger partial charge in [-0.05, 0) is 24.6 Å². The number of hydrogen-bond acceptors (Lipinski definition) is 3. The monoisotopic (exact) mass is 247 g/mol. The van der Waals surface area contributed by atoms with E-state index in [9.17, 15) is 4.79 Å². The van der Waals surface area contributed by atoms with Crippen molar-refractivity contribution in [1.29, 1.82) is 0 Å². The minimum absolute atomic E-state index is 0.151. The second kappa shape index (κ2) is 6.10. The van der Waals surface area contributed by atoms with Gasteiger partial charge in [0.25, 0.3) is 0 Å². The van der Waals surface area contributed by atoms with E-state index < -0.39 is 5.97 Å². The molecule has 15 heavy (non-hydrogen) atoms. The minimum Gasteiger partial charge on any atom is -0.481 e. The van der Waals surface area contributed by atoms with E-state index in [-0.39, 0.29) is 12.3 Å². The summed E-state index contributed by atoms with van der Waals surface area (Å²) in [4.78, 5) is 11.6. The van der Waals surface area contributed by atoms with Crippen LogP contribution in [0.4, 0.5) is 0 Å². The normalized spacial score (nSPS) is 12.7. The predicted octanol–water partition coefficient (Wildman–Crippen LogP) is 2.60. The molecule has 0 bridgehead atoms. The first kappa shape index (κ1) is 12.5. The number of thiophene rings is 1. The topological polar surface area (TPSA) is 49.3 Å². The molecule has 1 atom stereocenters. The molecule has 1 rings (SSSR count). The third kappa shape index (κ3) is 5.16. The molecule has 3 nitrogen and oxygen atoms in total. The Kier molecular flexibility index (Phi) is 5.08. The van der Waals surface area contributed by atoms with E-state index in [1.54, 1.807) is 0 Å². The fraction of sp³-hybridized carbons (Fsp3) is 0.500. The maximum absolute atomic E-state index is 10.4. The van der Waals surface area contributed by atoms with Crippen molar-refractivity contribution < 1.29 is 9.90 Å². The summed E-state index contributed by atoms with van der Waals surface area (Å²) in [7, 11) is 0. The summed E-state index contributed by atoms with van der Waals surface area (Å²) in [6.45, 7) is 3.38. The third-order valence-corrected chi connectivity index (χ3v) is 3.18. The predicted molar refractivity (Wildman–Crippen MR) is 62.5 cm³/mol. The zero-order valence-corrected chi connectivity index (χ0v) is 10.1. The third-order valence-electron chi connectivity index (χ3n) is 1.94. The lowest BCUT2D eigenvalue weighted by molar-refractivity contribution is -0.137. The van der Waals surface area contributed by atoms with Crippen molar-refractivity contribution in [2.75, 3.05) is 6.54 Å². The van der Waals surface area contributed by atoms with Crippen LogP contribution in [0, 0.1) is 5.92 Å². The van der Waals surface area contributed by atoms with E-state index in [0.29, 0.717) is 6.54 Å². The molecule has 0 spiro atoms. The summed E-state index contributed by atoms with van der Waals surface area (Å²) in [5.74, 6) is -0.596. The molecule has 1 unspecified atom stereocenters. The molecule has 5 heteroatoms. The van der Waals surface area contributed by atoms with Crippen LogP contribution in [0.15, 0.2) is 12.1 Å². The van der Waals surface area contributed by atoms with Crippen LogP contribution in [0.5, 0.6) is 0 Å². The van der Waals surface area contributed by atoms with Crippen molar-refractivity contribution in [1.82, 2.24) is 5.32 Å². The van der Waals surface area contributed by atoms with E-state index in [4.69, 9.17) is 16.7 Å². The average Bonchev–Trinajstić information content (AvgIpc) is 2.50. The lowest BCUT2D eigenvalue weighted by Gasteiger charge is -2.08. The average molecular weight is 248 g/mol. The molecule has 1 aromatic rings. The second-order valence-electron chi connectivity index (χ2n) is 3.54. The van der Waals surface area contributed by atoms with Gasteiger partial charge in [0.05, 0.1) is 4.34 Å². The molecular formula is C10H14ClNO2S. The zero-order valence-electron chi connectivity index (χ0n) is 8.50. The van der Waals surface area contributed by atoms with Gasteiger partial charge in [-0.25, -0.2) is 0 Å². The maximum Gasteiger partial charge on any atom is 0.303 e. The summed E-state index contributed by atoms with van der Waals surface area (Å²) in [5, 5.41) is 11.8. The highest BCUT2D eigenvalue weighted by atomic mass is 35.5. The van der Waals surface area contributed by atoms with Crippen molar-refractivity contribution in [3.63, 3.8) is 0 Å². The van der Waals surface area contributed by atoms with E-state index >= 15 is 0 Å². The van der Waals surface area contributed by atoms with Crippen molar-refractivity contribution in [2.24, 2.45) is 5.92 Å². The molecule has 84 valence electrons. The van der Waals surface area contributed by atoms with Crippen molar-refractivity contribution >= 4 is 28.9 Å². The van der Waals surface area contributed by atoms with Crippen molar-refractivity contribution in [3.05, 3.63) is 21.3 Å². The number of carboxylic acids is 1. The van der Waals surface area contributed by atoms with Gasteiger partial charge in [0.15, 0.2) is 0 Å². The van der Waals surface area contributed by atoms with Crippen molar-refractivity contribution in [2.45, 2.75) is 19.9 Å². The van der Waals surface area contributed by atoms with Crippen LogP contribution in [0.1, 0.15) is 18.2 Å². The maximum atomic E-state index is 10.4. The molecule has 0 aliphatic heterocycles. The van der Waals surface area contributed by atoms with Gasteiger partial charge in [0.1, 0.15) is 0 Å². The Morgan fingerprint density at radius 3 is 2.93 bits per heavy atom. The lowest BCUT2D eigenvalue weighted by Crippen LogP contribution is -2.22. The number of carbonyl (C=O) groups is 1. The first-order valence-corrected chi connectivity index (χ1v) is 5.94. The van der Waals surface area contributed by atoms with E-state index in [1.807, 2.05) is 19.1 Å². The second-order valence-corrected chi connectivity index (χ2v) is 5.34. The fourth-order valence-corrected chi connectivity index (χ4v) is 2.32. The Labute approximate surface area is 98.1 Å². The van der Waals surface area contributed by atoms with Crippen LogP contribution in [-0.4, -0.2) is 17.6 Å². The van der Waals surface area contributed by atoms with Crippen molar-refractivity contribution in [3.8, 4) is 0 Å². The fourth-order valence-electron chi connectivity index (χ4n) is 1.26. The Morgan fingerprint density at radius 1 is 1.67 bits per heavy atom. The number of aliphatic carboxylic acids is 1. The Hall–Kier alpha value is -0.580. The van der Waals surface area contributed by atoms with Gasteiger partial charge >= 0.3 is 5.97 Å². The molecule has 1 heterocycles. The van der Waals surface area contributed by atoms with Gasteiger partial charge in [-0.3, -0.25) is 4.79 Å². The highest BCUT2D eigenvalue weighted by Gasteiger charge is 2.06. The van der Waals surface area contributed by atoms with E-state index in [2.05, 4.69) is 5.32 Å². The standard InChI is InChI=1S/C10H14ClNO2S/c1-7(4-10(13)14)5-12-6-8-2-3-9(11)15-8/h2-3,7,12H,4-6H2,1H3,(H,13,14). The summed E-state index contributed by atoms with van der Waals surface area (Å²) in [6, 6.07) is 3.84. The molecule has 0 aliphatic rings. The van der Waals surface area contributed by atoms with Gasteiger partial charge in [0.2, 0.25) is 0 Å². The molecular weight excluding hydrogens is 234 g/mol. The first-order valence-electron chi connectivity index (χ1n) is 4.74. The summed E-state index contributed by atoms with van der Waals surface area (Å²) < 4.78 is 0.783. The first-order chi connectivity index (χ1) is 7.08. The number of hydrogen-bond donors (Lipinski definition) is 2. The molecule has 1 aromatic heterocycles. The largest absolute Gasteiger partial charge is 0.481 e. The van der Waals surface area contributed by atoms with Gasteiger partial charge in [-0.2, -0.15) is 0 Å². The van der Waals surface area contributed by atoms with E-state index in [0.717, 1.165) is 10.9 Å². The smallest absolute Gasteiger partial charge is 0.303 e. The highest BCUT2D eigenvalue weighted by molar-refractivity contribution is 7.16. The lowest BCUT2D eigenvalue weighted by atomic mass is 10.1. The molecule has 0 aliphatic carbocycles. The summed E-state index contributed by atoms with van der Waals surface area (Å²) >= 11 is 7.32. The SMILES string of the molecule is CC(CNCc1ccc(Cl)s1)CC(=O)O. The van der Waals surface area contributed by atoms with Gasteiger partial charge in [-0.15, -0.1) is 11.3 Å². The number of rotatable bonds is 6. The number of nitrogens with one attached hydrogen (secondary N) is 1. The molecule has 0 fully saturated rings. The summed E-state index contributed by atoms with van der Waals surface area (Å²) in [6.07, 6.45) is 0.207. The molecule has 0 aromatic carbocycles. The van der Waals surface area contributed by atoms with Gasteiger partial charge in [-0.1, -0.05) is 18.5 Å². The Bertz CT molecular complexity index is 327. The Morgan fingerprint density at radius 2 is 2.40 bits per heavy atom. The van der Waals surface area contributed by atoms with Crippen LogP contribution in [0.2, 0.25) is 4.34 Å². The molecule has 2 N–H and O–H groups in total. The minimum atomic E-state index is -0.747. The summed E-state index contributed by atoms with van der Waals surface area (Å²) in [5.41, 5.74) is 0. The van der Waals surface area contributed by atoms with Gasteiger partial charge < -0.3 is 10.4 Å². The molecule has 0 radical (unpaired) electrons. The number of halogens is 1. The highest BCUT2D eigenvalue weighted by Crippen LogP contribution is 2.20. The Balaban J connectivity index is 2.18. The van der Waals surface area contributed by atoms with Crippen LogP contribution in [0.3, 0.4) is 0 Å². The quantitative estimate of drug-likeness (QED) is 0.813. The van der Waals surface area contributed by atoms with Crippen LogP contribution < -0.4 is 5.32 Å². The van der Waals surface area contributed by atoms with Gasteiger partial charge in [0, 0.05) is 17.8 Å². The number of carboxylic acid groups (broad SMARTS) is 1. The van der Waals surface area contributed by atoms with Crippen LogP contribution in [0.25, 0.3) is 0 Å². The molecule has 0 amide bonds. The molecule has 0 saturated heterocycles. The van der Waals surface area contributed by atoms with Crippen LogP contribution >= 0.6 is 22.9 Å². The molecule has 0 saturated carbocycles. The van der Waals surface area contributed by atoms with Crippen LogP contribution in [-0.2, 0) is 11.3 Å².